The van der Waals surface area contributed by atoms with E-state index < -0.39 is 16.9 Å². The van der Waals surface area contributed by atoms with Gasteiger partial charge in [-0.25, -0.2) is 0 Å². The summed E-state index contributed by atoms with van der Waals surface area (Å²) in [5.74, 6) is 1.43. The molecule has 0 radical (unpaired) electrons. The maximum absolute atomic E-state index is 10.8. The van der Waals surface area contributed by atoms with Gasteiger partial charge in [0.1, 0.15) is 0 Å². The molecule has 5 heteroatoms. The first kappa shape index (κ1) is 18.0. The van der Waals surface area contributed by atoms with Gasteiger partial charge in [-0.15, -0.1) is 0 Å². The lowest BCUT2D eigenvalue weighted by atomic mass is 10.1. The monoisotopic (exact) mass is 279 g/mol. The molecule has 2 atom stereocenters. The molecular weight excluding hydrogens is 250 g/mol. The van der Waals surface area contributed by atoms with Gasteiger partial charge >= 0.3 is 0 Å². The highest BCUT2D eigenvalue weighted by atomic mass is 32.2. The molecule has 2 unspecified atom stereocenters. The molecule has 0 aromatic heterocycles. The second-order valence-electron chi connectivity index (χ2n) is 5.10. The third-order valence-corrected chi connectivity index (χ3v) is 3.41. The Labute approximate surface area is 114 Å². The van der Waals surface area contributed by atoms with Crippen molar-refractivity contribution < 1.29 is 14.1 Å². The van der Waals surface area contributed by atoms with Crippen LogP contribution in [0, 0.1) is 5.92 Å². The van der Waals surface area contributed by atoms with E-state index in [1.165, 1.54) is 6.42 Å². The van der Waals surface area contributed by atoms with Gasteiger partial charge in [-0.3, -0.25) is 4.21 Å². The van der Waals surface area contributed by atoms with Crippen LogP contribution in [0.25, 0.3) is 0 Å². The number of hydrogen-bond donors (Lipinski definition) is 2. The number of nitrogens with one attached hydrogen (secondary N) is 1. The van der Waals surface area contributed by atoms with Crippen LogP contribution >= 0.6 is 0 Å². The highest BCUT2D eigenvalue weighted by molar-refractivity contribution is 7.84. The van der Waals surface area contributed by atoms with Crippen LogP contribution < -0.4 is 5.32 Å². The Morgan fingerprint density at radius 1 is 1.33 bits per heavy atom. The van der Waals surface area contributed by atoms with E-state index in [1.54, 1.807) is 6.26 Å². The van der Waals surface area contributed by atoms with Crippen LogP contribution in [0.15, 0.2) is 0 Å². The van der Waals surface area contributed by atoms with Gasteiger partial charge in [0.25, 0.3) is 0 Å². The lowest BCUT2D eigenvalue weighted by Gasteiger charge is -2.12. The predicted octanol–water partition coefficient (Wildman–Crippen LogP) is 1.16. The molecule has 18 heavy (non-hydrogen) atoms. The molecule has 0 aliphatic heterocycles. The molecule has 0 saturated heterocycles. The van der Waals surface area contributed by atoms with Gasteiger partial charge in [0.2, 0.25) is 0 Å². The van der Waals surface area contributed by atoms with Crippen LogP contribution in [0.5, 0.6) is 0 Å². The standard InChI is InChI=1S/C13H29NO3S/c1-12(2)6-4-8-17-11-13(15)10-14-7-5-9-18(3)16/h12-15H,4-11H2,1-3H3. The summed E-state index contributed by atoms with van der Waals surface area (Å²) in [6.45, 7) is 6.85. The van der Waals surface area contributed by atoms with E-state index in [9.17, 15) is 9.32 Å². The van der Waals surface area contributed by atoms with Crippen LogP contribution in [0.4, 0.5) is 0 Å². The third kappa shape index (κ3) is 14.1. The van der Waals surface area contributed by atoms with Crippen molar-refractivity contribution in [2.75, 3.05) is 38.3 Å². The van der Waals surface area contributed by atoms with Crippen LogP contribution in [-0.4, -0.2) is 53.7 Å². The van der Waals surface area contributed by atoms with Crippen LogP contribution in [0.2, 0.25) is 0 Å². The van der Waals surface area contributed by atoms with Gasteiger partial charge in [0.15, 0.2) is 0 Å². The SMILES string of the molecule is CC(C)CCCOCC(O)CNCCCS(C)=O. The Bertz CT molecular complexity index is 212. The maximum Gasteiger partial charge on any atom is 0.0897 e. The van der Waals surface area contributed by atoms with Gasteiger partial charge in [-0.1, -0.05) is 13.8 Å². The summed E-state index contributed by atoms with van der Waals surface area (Å²) < 4.78 is 16.2. The van der Waals surface area contributed by atoms with E-state index >= 15 is 0 Å². The van der Waals surface area contributed by atoms with Crippen molar-refractivity contribution in [3.05, 3.63) is 0 Å². The number of aliphatic hydroxyl groups is 1. The zero-order valence-electron chi connectivity index (χ0n) is 12.0. The zero-order chi connectivity index (χ0) is 13.8. The Morgan fingerprint density at radius 2 is 2.06 bits per heavy atom. The fourth-order valence-electron chi connectivity index (χ4n) is 1.54. The largest absolute Gasteiger partial charge is 0.389 e. The van der Waals surface area contributed by atoms with Gasteiger partial charge in [-0.2, -0.15) is 0 Å². The van der Waals surface area contributed by atoms with E-state index in [0.29, 0.717) is 19.1 Å². The molecule has 0 bridgehead atoms. The molecule has 0 amide bonds. The number of rotatable bonds is 12. The second-order valence-corrected chi connectivity index (χ2v) is 6.65. The van der Waals surface area contributed by atoms with E-state index in [-0.39, 0.29) is 0 Å². The lowest BCUT2D eigenvalue weighted by molar-refractivity contribution is 0.0349. The molecule has 0 aromatic rings. The van der Waals surface area contributed by atoms with Crippen LogP contribution in [0.1, 0.15) is 33.1 Å². The molecule has 0 aliphatic rings. The fourth-order valence-corrected chi connectivity index (χ4v) is 2.09. The molecule has 0 aromatic carbocycles. The first-order valence-corrected chi connectivity index (χ1v) is 8.51. The van der Waals surface area contributed by atoms with Crippen molar-refractivity contribution >= 4 is 10.8 Å². The van der Waals surface area contributed by atoms with Crippen molar-refractivity contribution in [3.8, 4) is 0 Å². The fraction of sp³-hybridized carbons (Fsp3) is 1.00. The Hall–Kier alpha value is 0.0300. The molecular formula is C13H29NO3S. The van der Waals surface area contributed by atoms with Crippen molar-refractivity contribution in [3.63, 3.8) is 0 Å². The predicted molar refractivity (Wildman–Crippen MR) is 77.3 cm³/mol. The van der Waals surface area contributed by atoms with Gasteiger partial charge in [0.05, 0.1) is 12.7 Å². The summed E-state index contributed by atoms with van der Waals surface area (Å²) in [5.41, 5.74) is 0. The van der Waals surface area contributed by atoms with Gasteiger partial charge in [0, 0.05) is 36.0 Å². The van der Waals surface area contributed by atoms with Crippen molar-refractivity contribution in [2.24, 2.45) is 5.92 Å². The molecule has 0 spiro atoms. The average Bonchev–Trinajstić information content (AvgIpc) is 2.27. The topological polar surface area (TPSA) is 58.6 Å². The molecule has 110 valence electrons. The molecule has 0 aliphatic carbocycles. The Morgan fingerprint density at radius 3 is 2.67 bits per heavy atom. The summed E-state index contributed by atoms with van der Waals surface area (Å²) >= 11 is 0. The smallest absolute Gasteiger partial charge is 0.0897 e. The molecule has 0 rings (SSSR count). The summed E-state index contributed by atoms with van der Waals surface area (Å²) in [5, 5.41) is 12.8. The van der Waals surface area contributed by atoms with Crippen molar-refractivity contribution in [1.82, 2.24) is 5.32 Å². The summed E-state index contributed by atoms with van der Waals surface area (Å²) in [6.07, 6.45) is 4.37. The normalized spacial score (nSPS) is 14.9. The lowest BCUT2D eigenvalue weighted by Crippen LogP contribution is -2.31. The second kappa shape index (κ2) is 12.1. The van der Waals surface area contributed by atoms with Crippen LogP contribution in [0.3, 0.4) is 0 Å². The highest BCUT2D eigenvalue weighted by Gasteiger charge is 2.03. The van der Waals surface area contributed by atoms with Crippen molar-refractivity contribution in [1.29, 1.82) is 0 Å². The number of hydrogen-bond acceptors (Lipinski definition) is 4. The minimum Gasteiger partial charge on any atom is -0.389 e. The quantitative estimate of drug-likeness (QED) is 0.526. The van der Waals surface area contributed by atoms with E-state index in [2.05, 4.69) is 19.2 Å². The molecule has 4 nitrogen and oxygen atoms in total. The maximum atomic E-state index is 10.8. The molecule has 0 heterocycles. The van der Waals surface area contributed by atoms with Gasteiger partial charge < -0.3 is 15.2 Å². The minimum absolute atomic E-state index is 0.394. The van der Waals surface area contributed by atoms with Crippen molar-refractivity contribution in [2.45, 2.75) is 39.2 Å². The first-order chi connectivity index (χ1) is 8.52. The average molecular weight is 279 g/mol. The third-order valence-electron chi connectivity index (χ3n) is 2.55. The number of ether oxygens (including phenoxy) is 1. The summed E-state index contributed by atoms with van der Waals surface area (Å²) in [4.78, 5) is 0. The molecule has 0 fully saturated rings. The molecule has 0 saturated carbocycles. The zero-order valence-corrected chi connectivity index (χ0v) is 12.8. The summed E-state index contributed by atoms with van der Waals surface area (Å²) in [6, 6.07) is 0. The minimum atomic E-state index is -0.718. The summed E-state index contributed by atoms with van der Waals surface area (Å²) in [7, 11) is -0.718. The number of aliphatic hydroxyl groups excluding tert-OH is 1. The highest BCUT2D eigenvalue weighted by Crippen LogP contribution is 2.03. The Balaban J connectivity index is 3.22. The van der Waals surface area contributed by atoms with E-state index in [0.717, 1.165) is 31.7 Å². The Kier molecular flexibility index (Phi) is 12.1. The van der Waals surface area contributed by atoms with Crippen LogP contribution in [-0.2, 0) is 15.5 Å². The first-order valence-electron chi connectivity index (χ1n) is 6.79. The van der Waals surface area contributed by atoms with E-state index in [1.807, 2.05) is 0 Å². The van der Waals surface area contributed by atoms with Gasteiger partial charge in [-0.05, 0) is 31.7 Å². The van der Waals surface area contributed by atoms with E-state index in [4.69, 9.17) is 4.74 Å². The molecule has 2 N–H and O–H groups in total.